The fraction of sp³-hybridized carbons (Fsp3) is 0.333. The first-order valence-corrected chi connectivity index (χ1v) is 4.26. The second kappa shape index (κ2) is 3.26. The van der Waals surface area contributed by atoms with Crippen molar-refractivity contribution in [2.24, 2.45) is 0 Å². The molecular formula is C9H10N2O3. The molecule has 2 N–H and O–H groups in total. The van der Waals surface area contributed by atoms with Crippen LogP contribution in [0, 0.1) is 0 Å². The monoisotopic (exact) mass is 194 g/mol. The van der Waals surface area contributed by atoms with E-state index in [4.69, 9.17) is 10.2 Å². The van der Waals surface area contributed by atoms with E-state index in [1.54, 1.807) is 12.3 Å². The summed E-state index contributed by atoms with van der Waals surface area (Å²) >= 11 is 0. The van der Waals surface area contributed by atoms with Crippen molar-refractivity contribution in [2.75, 3.05) is 0 Å². The molecule has 74 valence electrons. The maximum Gasteiger partial charge on any atom is 0.407 e. The topological polar surface area (TPSA) is 73.7 Å². The molecule has 2 rings (SSSR count). The van der Waals surface area contributed by atoms with Crippen LogP contribution in [0.15, 0.2) is 12.3 Å². The molecule has 1 aliphatic rings. The maximum atomic E-state index is 10.7. The Kier molecular flexibility index (Phi) is 2.09. The molecule has 0 bridgehead atoms. The molecule has 1 aliphatic heterocycles. The number of carbonyl (C=O) groups is 1. The number of aliphatic hydroxyl groups is 1. The average Bonchev–Trinajstić information content (AvgIpc) is 2.59. The molecule has 1 aromatic heterocycles. The second-order valence-corrected chi connectivity index (χ2v) is 3.25. The third-order valence-corrected chi connectivity index (χ3v) is 2.27. The van der Waals surface area contributed by atoms with Gasteiger partial charge in [0.05, 0.1) is 25.4 Å². The Morgan fingerprint density at radius 3 is 3.00 bits per heavy atom. The zero-order valence-corrected chi connectivity index (χ0v) is 7.47. The van der Waals surface area contributed by atoms with E-state index < -0.39 is 6.09 Å². The second-order valence-electron chi connectivity index (χ2n) is 3.25. The number of rotatable bonds is 1. The molecule has 0 saturated heterocycles. The molecule has 5 heteroatoms. The molecule has 0 aromatic carbocycles. The fourth-order valence-electron chi connectivity index (χ4n) is 1.53. The highest BCUT2D eigenvalue weighted by Gasteiger charge is 2.23. The van der Waals surface area contributed by atoms with Crippen molar-refractivity contribution in [3.8, 4) is 0 Å². The smallest absolute Gasteiger partial charge is 0.407 e. The molecule has 0 spiro atoms. The molecule has 2 heterocycles. The highest BCUT2D eigenvalue weighted by Crippen LogP contribution is 2.21. The number of carboxylic acid groups (broad SMARTS) is 1. The Hall–Kier alpha value is -1.62. The summed E-state index contributed by atoms with van der Waals surface area (Å²) in [6.45, 7) is 0.648. The average molecular weight is 194 g/mol. The van der Waals surface area contributed by atoms with Crippen LogP contribution in [0.2, 0.25) is 0 Å². The molecule has 0 saturated carbocycles. The van der Waals surface area contributed by atoms with E-state index in [1.165, 1.54) is 4.90 Å². The number of amides is 1. The van der Waals surface area contributed by atoms with E-state index in [1.807, 2.05) is 0 Å². The molecule has 0 aliphatic carbocycles. The molecule has 0 radical (unpaired) electrons. The third-order valence-electron chi connectivity index (χ3n) is 2.27. The van der Waals surface area contributed by atoms with Crippen LogP contribution in [-0.2, 0) is 19.7 Å². The first kappa shape index (κ1) is 8.96. The van der Waals surface area contributed by atoms with Gasteiger partial charge in [0.1, 0.15) is 0 Å². The lowest BCUT2D eigenvalue weighted by atomic mass is 10.2. The summed E-state index contributed by atoms with van der Waals surface area (Å²) in [5, 5.41) is 17.6. The van der Waals surface area contributed by atoms with Crippen molar-refractivity contribution >= 4 is 6.09 Å². The van der Waals surface area contributed by atoms with Crippen molar-refractivity contribution < 1.29 is 15.0 Å². The lowest BCUT2D eigenvalue weighted by Crippen LogP contribution is -2.22. The van der Waals surface area contributed by atoms with Gasteiger partial charge in [0.25, 0.3) is 0 Å². The van der Waals surface area contributed by atoms with Crippen LogP contribution >= 0.6 is 0 Å². The summed E-state index contributed by atoms with van der Waals surface area (Å²) in [4.78, 5) is 16.1. The van der Waals surface area contributed by atoms with Gasteiger partial charge in [-0.25, -0.2) is 4.79 Å². The molecule has 0 unspecified atom stereocenters. The van der Waals surface area contributed by atoms with Crippen LogP contribution < -0.4 is 0 Å². The molecule has 14 heavy (non-hydrogen) atoms. The van der Waals surface area contributed by atoms with Crippen LogP contribution in [0.4, 0.5) is 4.79 Å². The van der Waals surface area contributed by atoms with Gasteiger partial charge in [0, 0.05) is 6.20 Å². The third kappa shape index (κ3) is 1.42. The minimum absolute atomic E-state index is 0.0622. The summed E-state index contributed by atoms with van der Waals surface area (Å²) in [6.07, 6.45) is 0.637. The molecule has 1 amide bonds. The lowest BCUT2D eigenvalue weighted by Gasteiger charge is -2.08. The number of nitrogens with zero attached hydrogens (tertiary/aromatic N) is 2. The zero-order chi connectivity index (χ0) is 10.1. The summed E-state index contributed by atoms with van der Waals surface area (Å²) in [5.74, 6) is 0. The molecular weight excluding hydrogens is 184 g/mol. The predicted octanol–water partition coefficient (Wildman–Crippen LogP) is 0.568. The van der Waals surface area contributed by atoms with E-state index in [-0.39, 0.29) is 6.61 Å². The van der Waals surface area contributed by atoms with Gasteiger partial charge in [0.15, 0.2) is 0 Å². The normalized spacial score (nSPS) is 14.2. The van der Waals surface area contributed by atoms with Crippen molar-refractivity contribution in [3.63, 3.8) is 0 Å². The van der Waals surface area contributed by atoms with Gasteiger partial charge in [-0.1, -0.05) is 0 Å². The number of fused-ring (bicyclic) bond motifs is 1. The van der Waals surface area contributed by atoms with Crippen LogP contribution in [0.1, 0.15) is 16.8 Å². The number of hydrogen-bond acceptors (Lipinski definition) is 3. The van der Waals surface area contributed by atoms with Crippen molar-refractivity contribution in [1.82, 2.24) is 9.88 Å². The minimum atomic E-state index is -0.937. The van der Waals surface area contributed by atoms with Gasteiger partial charge in [0.2, 0.25) is 0 Å². The highest BCUT2D eigenvalue weighted by molar-refractivity contribution is 5.66. The van der Waals surface area contributed by atoms with Gasteiger partial charge in [-0.3, -0.25) is 9.88 Å². The van der Waals surface area contributed by atoms with Gasteiger partial charge in [-0.2, -0.15) is 0 Å². The van der Waals surface area contributed by atoms with Crippen molar-refractivity contribution in [2.45, 2.75) is 19.7 Å². The first-order chi connectivity index (χ1) is 6.70. The molecule has 0 fully saturated rings. The van der Waals surface area contributed by atoms with Gasteiger partial charge in [-0.05, 0) is 17.2 Å². The van der Waals surface area contributed by atoms with Gasteiger partial charge < -0.3 is 10.2 Å². The van der Waals surface area contributed by atoms with E-state index in [2.05, 4.69) is 4.98 Å². The van der Waals surface area contributed by atoms with E-state index in [0.717, 1.165) is 16.8 Å². The van der Waals surface area contributed by atoms with Gasteiger partial charge >= 0.3 is 6.09 Å². The molecule has 1 aromatic rings. The first-order valence-electron chi connectivity index (χ1n) is 4.26. The van der Waals surface area contributed by atoms with Crippen LogP contribution in [0.3, 0.4) is 0 Å². The summed E-state index contributed by atoms with van der Waals surface area (Å²) in [5.41, 5.74) is 2.39. The Morgan fingerprint density at radius 1 is 1.57 bits per heavy atom. The highest BCUT2D eigenvalue weighted by atomic mass is 16.4. The van der Waals surface area contributed by atoms with E-state index in [0.29, 0.717) is 13.1 Å². The summed E-state index contributed by atoms with van der Waals surface area (Å²) in [6, 6.07) is 1.80. The Labute approximate surface area is 80.6 Å². The van der Waals surface area contributed by atoms with Crippen molar-refractivity contribution in [1.29, 1.82) is 0 Å². The van der Waals surface area contributed by atoms with Gasteiger partial charge in [-0.15, -0.1) is 0 Å². The largest absolute Gasteiger partial charge is 0.465 e. The van der Waals surface area contributed by atoms with E-state index in [9.17, 15) is 4.79 Å². The maximum absolute atomic E-state index is 10.7. The SMILES string of the molecule is O=C(O)N1Cc2cc(CO)cnc2C1. The number of aliphatic hydroxyl groups excluding tert-OH is 1. The summed E-state index contributed by atoms with van der Waals surface area (Å²) in [7, 11) is 0. The predicted molar refractivity (Wildman–Crippen MR) is 47.4 cm³/mol. The Morgan fingerprint density at radius 2 is 2.36 bits per heavy atom. The number of aromatic nitrogens is 1. The number of hydrogen-bond donors (Lipinski definition) is 2. The van der Waals surface area contributed by atoms with Crippen LogP contribution in [0.25, 0.3) is 0 Å². The quantitative estimate of drug-likeness (QED) is 0.685. The molecule has 5 nitrogen and oxygen atoms in total. The standard InChI is InChI=1S/C9H10N2O3/c12-5-6-1-7-3-11(9(13)14)4-8(7)10-2-6/h1-2,12H,3-5H2,(H,13,14). The Bertz CT molecular complexity index is 378. The summed E-state index contributed by atoms with van der Waals surface area (Å²) < 4.78 is 0. The van der Waals surface area contributed by atoms with Crippen molar-refractivity contribution in [3.05, 3.63) is 29.1 Å². The molecule has 0 atom stereocenters. The Balaban J connectivity index is 2.27. The van der Waals surface area contributed by atoms with E-state index >= 15 is 0 Å². The minimum Gasteiger partial charge on any atom is -0.465 e. The number of pyridine rings is 1. The zero-order valence-electron chi connectivity index (χ0n) is 7.47. The van der Waals surface area contributed by atoms with Crippen LogP contribution in [0.5, 0.6) is 0 Å². The van der Waals surface area contributed by atoms with Crippen LogP contribution in [-0.4, -0.2) is 26.2 Å². The lowest BCUT2D eigenvalue weighted by molar-refractivity contribution is 0.145. The fourth-order valence-corrected chi connectivity index (χ4v) is 1.53.